The maximum Gasteiger partial charge on any atom is 0.232 e. The maximum absolute atomic E-state index is 12.5. The van der Waals surface area contributed by atoms with E-state index in [9.17, 15) is 9.90 Å². The topological polar surface area (TPSA) is 59.7 Å². The summed E-state index contributed by atoms with van der Waals surface area (Å²) in [6.07, 6.45) is 1.59. The minimum absolute atomic E-state index is 0.0163. The summed E-state index contributed by atoms with van der Waals surface area (Å²) in [5, 5.41) is 10.2. The van der Waals surface area contributed by atoms with Crippen LogP contribution >= 0.6 is 0 Å². The molecule has 20 heavy (non-hydrogen) atoms. The molecule has 0 spiro atoms. The van der Waals surface area contributed by atoms with Crippen molar-refractivity contribution >= 4 is 5.78 Å². The number of ether oxygens (including phenoxy) is 1. The number of aromatic hydroxyl groups is 1. The van der Waals surface area contributed by atoms with Crippen LogP contribution in [-0.2, 0) is 0 Å². The highest BCUT2D eigenvalue weighted by atomic mass is 16.5. The lowest BCUT2D eigenvalue weighted by atomic mass is 9.78. The summed E-state index contributed by atoms with van der Waals surface area (Å²) in [5.74, 6) is 0.591. The highest BCUT2D eigenvalue weighted by molar-refractivity contribution is 6.13. The third-order valence-corrected chi connectivity index (χ3v) is 4.11. The molecular formula is C16H16O4. The largest absolute Gasteiger partial charge is 0.507 e. The summed E-state index contributed by atoms with van der Waals surface area (Å²) in [6.45, 7) is 5.84. The molecule has 1 heterocycles. The molecule has 0 unspecified atom stereocenters. The summed E-state index contributed by atoms with van der Waals surface area (Å²) in [4.78, 5) is 12.5. The van der Waals surface area contributed by atoms with E-state index in [-0.39, 0.29) is 17.5 Å². The van der Waals surface area contributed by atoms with E-state index in [1.807, 2.05) is 20.8 Å². The molecule has 4 heteroatoms. The third-order valence-electron chi connectivity index (χ3n) is 4.11. The molecule has 3 rings (SSSR count). The van der Waals surface area contributed by atoms with E-state index < -0.39 is 0 Å². The van der Waals surface area contributed by atoms with Crippen LogP contribution in [-0.4, -0.2) is 18.0 Å². The Labute approximate surface area is 117 Å². The highest BCUT2D eigenvalue weighted by Crippen LogP contribution is 2.46. The van der Waals surface area contributed by atoms with E-state index in [1.54, 1.807) is 13.4 Å². The lowest BCUT2D eigenvalue weighted by Crippen LogP contribution is -2.19. The van der Waals surface area contributed by atoms with Gasteiger partial charge in [-0.05, 0) is 30.5 Å². The molecule has 1 atom stereocenters. The minimum atomic E-state index is -0.260. The van der Waals surface area contributed by atoms with Gasteiger partial charge in [0.2, 0.25) is 5.78 Å². The van der Waals surface area contributed by atoms with Crippen LogP contribution in [0.25, 0.3) is 0 Å². The van der Waals surface area contributed by atoms with Crippen LogP contribution in [0.4, 0.5) is 0 Å². The van der Waals surface area contributed by atoms with Crippen molar-refractivity contribution in [3.8, 4) is 11.5 Å². The lowest BCUT2D eigenvalue weighted by molar-refractivity contribution is 0.1000. The number of carbonyl (C=O) groups excluding carboxylic acids is 1. The van der Waals surface area contributed by atoms with Gasteiger partial charge in [0.25, 0.3) is 0 Å². The van der Waals surface area contributed by atoms with Crippen molar-refractivity contribution in [3.05, 3.63) is 45.9 Å². The van der Waals surface area contributed by atoms with E-state index in [4.69, 9.17) is 9.15 Å². The van der Waals surface area contributed by atoms with E-state index >= 15 is 0 Å². The lowest BCUT2D eigenvalue weighted by Gasteiger charge is -2.25. The van der Waals surface area contributed by atoms with Gasteiger partial charge in [0, 0.05) is 17.5 Å². The zero-order chi connectivity index (χ0) is 14.6. The minimum Gasteiger partial charge on any atom is -0.507 e. The Bertz CT molecular complexity index is 725. The number of carbonyl (C=O) groups is 1. The van der Waals surface area contributed by atoms with Gasteiger partial charge in [-0.2, -0.15) is 0 Å². The fourth-order valence-electron chi connectivity index (χ4n) is 3.18. The molecule has 1 N–H and O–H groups in total. The SMILES string of the molecule is COc1cc(O)c2c(c1C)[C@@H](C)c1c(C)coc1C2=O. The molecule has 0 aliphatic heterocycles. The summed E-state index contributed by atoms with van der Waals surface area (Å²) < 4.78 is 10.7. The molecule has 0 fully saturated rings. The number of hydrogen-bond acceptors (Lipinski definition) is 4. The zero-order valence-corrected chi connectivity index (χ0v) is 11.9. The van der Waals surface area contributed by atoms with Crippen LogP contribution in [0.1, 0.15) is 51.2 Å². The first-order valence-electron chi connectivity index (χ1n) is 6.50. The van der Waals surface area contributed by atoms with Crippen molar-refractivity contribution in [1.82, 2.24) is 0 Å². The maximum atomic E-state index is 12.5. The highest BCUT2D eigenvalue weighted by Gasteiger charge is 2.36. The van der Waals surface area contributed by atoms with Gasteiger partial charge in [0.15, 0.2) is 5.76 Å². The van der Waals surface area contributed by atoms with Gasteiger partial charge in [-0.15, -0.1) is 0 Å². The average molecular weight is 272 g/mol. The van der Waals surface area contributed by atoms with Crippen LogP contribution in [0.2, 0.25) is 0 Å². The van der Waals surface area contributed by atoms with Gasteiger partial charge in [-0.25, -0.2) is 0 Å². The van der Waals surface area contributed by atoms with Crippen molar-refractivity contribution < 1.29 is 19.1 Å². The molecule has 1 aromatic heterocycles. The number of furan rings is 1. The quantitative estimate of drug-likeness (QED) is 0.865. The molecule has 1 aromatic carbocycles. The average Bonchev–Trinajstić information content (AvgIpc) is 2.80. The van der Waals surface area contributed by atoms with Crippen LogP contribution in [0.15, 0.2) is 16.7 Å². The summed E-state index contributed by atoms with van der Waals surface area (Å²) in [5.41, 5.74) is 3.89. The second-order valence-corrected chi connectivity index (χ2v) is 5.22. The molecule has 1 aliphatic carbocycles. The van der Waals surface area contributed by atoms with Gasteiger partial charge in [-0.1, -0.05) is 6.92 Å². The van der Waals surface area contributed by atoms with E-state index in [2.05, 4.69) is 0 Å². The Morgan fingerprint density at radius 1 is 1.30 bits per heavy atom. The van der Waals surface area contributed by atoms with E-state index in [1.165, 1.54) is 6.07 Å². The molecule has 104 valence electrons. The number of aryl methyl sites for hydroxylation is 1. The Kier molecular flexibility index (Phi) is 2.64. The van der Waals surface area contributed by atoms with Gasteiger partial charge in [0.05, 0.1) is 18.9 Å². The fraction of sp³-hybridized carbons (Fsp3) is 0.312. The monoisotopic (exact) mass is 272 g/mol. The molecule has 0 amide bonds. The normalized spacial score (nSPS) is 16.8. The number of phenols is 1. The molecule has 2 aromatic rings. The van der Waals surface area contributed by atoms with Crippen LogP contribution in [0.3, 0.4) is 0 Å². The second kappa shape index (κ2) is 4.13. The van der Waals surface area contributed by atoms with Crippen molar-refractivity contribution in [2.24, 2.45) is 0 Å². The number of methoxy groups -OCH3 is 1. The number of fused-ring (bicyclic) bond motifs is 2. The van der Waals surface area contributed by atoms with Gasteiger partial charge in [0.1, 0.15) is 11.5 Å². The van der Waals surface area contributed by atoms with Crippen molar-refractivity contribution in [2.45, 2.75) is 26.7 Å². The molecule has 1 aliphatic rings. The van der Waals surface area contributed by atoms with Crippen LogP contribution < -0.4 is 4.74 Å². The number of ketones is 1. The molecular weight excluding hydrogens is 256 g/mol. The predicted octanol–water partition coefficient (Wildman–Crippen LogP) is 3.31. The number of rotatable bonds is 1. The van der Waals surface area contributed by atoms with Gasteiger partial charge < -0.3 is 14.3 Å². The Morgan fingerprint density at radius 2 is 2.00 bits per heavy atom. The Morgan fingerprint density at radius 3 is 2.65 bits per heavy atom. The summed E-state index contributed by atoms with van der Waals surface area (Å²) in [6, 6.07) is 1.49. The smallest absolute Gasteiger partial charge is 0.232 e. The zero-order valence-electron chi connectivity index (χ0n) is 11.9. The van der Waals surface area contributed by atoms with Crippen molar-refractivity contribution in [1.29, 1.82) is 0 Å². The first-order valence-corrected chi connectivity index (χ1v) is 6.50. The number of phenolic OH excluding ortho intramolecular Hbond substituents is 1. The molecule has 0 saturated carbocycles. The molecule has 0 bridgehead atoms. The fourth-order valence-corrected chi connectivity index (χ4v) is 3.18. The molecule has 4 nitrogen and oxygen atoms in total. The molecule has 0 saturated heterocycles. The van der Waals surface area contributed by atoms with E-state index in [0.29, 0.717) is 17.1 Å². The van der Waals surface area contributed by atoms with E-state index in [0.717, 1.165) is 22.3 Å². The summed E-state index contributed by atoms with van der Waals surface area (Å²) >= 11 is 0. The van der Waals surface area contributed by atoms with Gasteiger partial charge >= 0.3 is 0 Å². The first-order chi connectivity index (χ1) is 9.47. The second-order valence-electron chi connectivity index (χ2n) is 5.22. The van der Waals surface area contributed by atoms with Crippen molar-refractivity contribution in [3.63, 3.8) is 0 Å². The Hall–Kier alpha value is -2.23. The standard InChI is InChI=1S/C16H16O4/c1-7-6-20-16-12(7)9(3)13-8(2)11(19-4)5-10(17)14(13)15(16)18/h5-6,9,17H,1-4H3/t9-/m0/s1. The van der Waals surface area contributed by atoms with Crippen LogP contribution in [0.5, 0.6) is 11.5 Å². The number of benzene rings is 1. The van der Waals surface area contributed by atoms with Crippen LogP contribution in [0, 0.1) is 13.8 Å². The van der Waals surface area contributed by atoms with Gasteiger partial charge in [-0.3, -0.25) is 4.79 Å². The first kappa shape index (κ1) is 12.8. The van der Waals surface area contributed by atoms with Crippen molar-refractivity contribution in [2.75, 3.05) is 7.11 Å². The Balaban J connectivity index is 2.37. The predicted molar refractivity (Wildman–Crippen MR) is 73.8 cm³/mol. The number of hydrogen-bond donors (Lipinski definition) is 1. The third kappa shape index (κ3) is 1.45. The molecule has 0 radical (unpaired) electrons. The summed E-state index contributed by atoms with van der Waals surface area (Å²) in [7, 11) is 1.55.